The van der Waals surface area contributed by atoms with Crippen LogP contribution in [0.4, 0.5) is 5.69 Å². The Kier molecular flexibility index (Phi) is 5.49. The molecule has 1 amide bonds. The summed E-state index contributed by atoms with van der Waals surface area (Å²) in [7, 11) is 0. The molecule has 0 aliphatic carbocycles. The maximum absolute atomic E-state index is 13.2. The molecule has 0 unspecified atom stereocenters. The van der Waals surface area contributed by atoms with Crippen molar-refractivity contribution in [3.8, 4) is 16.8 Å². The molecular formula is C23H19N7O2S. The first-order chi connectivity index (χ1) is 16.1. The third kappa shape index (κ3) is 4.28. The van der Waals surface area contributed by atoms with Gasteiger partial charge in [0.2, 0.25) is 5.91 Å². The lowest BCUT2D eigenvalue weighted by molar-refractivity contribution is -0.116. The van der Waals surface area contributed by atoms with Crippen LogP contribution in [-0.4, -0.2) is 35.7 Å². The van der Waals surface area contributed by atoms with E-state index in [-0.39, 0.29) is 24.4 Å². The minimum Gasteiger partial charge on any atom is -0.326 e. The first-order valence-corrected chi connectivity index (χ1v) is 11.1. The number of amides is 1. The highest BCUT2D eigenvalue weighted by molar-refractivity contribution is 7.17. The van der Waals surface area contributed by atoms with E-state index in [1.807, 2.05) is 36.6 Å². The van der Waals surface area contributed by atoms with E-state index >= 15 is 0 Å². The lowest BCUT2D eigenvalue weighted by atomic mass is 10.1. The Morgan fingerprint density at radius 3 is 2.58 bits per heavy atom. The first kappa shape index (κ1) is 20.7. The van der Waals surface area contributed by atoms with Gasteiger partial charge in [-0.2, -0.15) is 0 Å². The Bertz CT molecular complexity index is 1470. The highest BCUT2D eigenvalue weighted by Gasteiger charge is 2.14. The fraction of sp³-hybridized carbons (Fsp3) is 0.130. The van der Waals surface area contributed by atoms with Crippen molar-refractivity contribution >= 4 is 33.1 Å². The number of aryl methyl sites for hydroxylation is 2. The van der Waals surface area contributed by atoms with Crippen LogP contribution in [0, 0.1) is 6.92 Å². The number of thiophene rings is 1. The maximum Gasteiger partial charge on any atom is 0.262 e. The van der Waals surface area contributed by atoms with E-state index in [4.69, 9.17) is 0 Å². The number of rotatable bonds is 6. The molecule has 9 nitrogen and oxygen atoms in total. The van der Waals surface area contributed by atoms with E-state index in [2.05, 4.69) is 25.8 Å². The number of anilines is 1. The Labute approximate surface area is 192 Å². The van der Waals surface area contributed by atoms with Gasteiger partial charge in [0.25, 0.3) is 5.56 Å². The van der Waals surface area contributed by atoms with E-state index in [1.54, 1.807) is 24.3 Å². The SMILES string of the molecule is Cc1ccc(-c2csc3ncn(CCC(=O)Nc4ccc(-n5cnnn5)cc4)c(=O)c23)cc1. The van der Waals surface area contributed by atoms with Gasteiger partial charge in [-0.15, -0.1) is 16.4 Å². The van der Waals surface area contributed by atoms with Crippen molar-refractivity contribution in [2.75, 3.05) is 5.32 Å². The molecule has 1 N–H and O–H groups in total. The number of carbonyl (C=O) groups excluding carboxylic acids is 1. The minimum absolute atomic E-state index is 0.143. The predicted molar refractivity (Wildman–Crippen MR) is 126 cm³/mol. The zero-order valence-corrected chi connectivity index (χ0v) is 18.5. The molecule has 3 aromatic heterocycles. The molecule has 0 saturated carbocycles. The Hall–Kier alpha value is -4.18. The van der Waals surface area contributed by atoms with Crippen molar-refractivity contribution in [2.24, 2.45) is 0 Å². The summed E-state index contributed by atoms with van der Waals surface area (Å²) in [5, 5.41) is 16.4. The van der Waals surface area contributed by atoms with Gasteiger partial charge in [0.1, 0.15) is 11.2 Å². The van der Waals surface area contributed by atoms with Gasteiger partial charge in [0.15, 0.2) is 0 Å². The average Bonchev–Trinajstić information content (AvgIpc) is 3.51. The number of hydrogen-bond acceptors (Lipinski definition) is 7. The van der Waals surface area contributed by atoms with E-state index in [0.29, 0.717) is 15.9 Å². The minimum atomic E-state index is -0.193. The van der Waals surface area contributed by atoms with Gasteiger partial charge < -0.3 is 5.32 Å². The number of fused-ring (bicyclic) bond motifs is 1. The second-order valence-electron chi connectivity index (χ2n) is 7.54. The lowest BCUT2D eigenvalue weighted by Crippen LogP contribution is -2.23. The molecule has 0 spiro atoms. The second kappa shape index (κ2) is 8.75. The number of nitrogens with zero attached hydrogens (tertiary/aromatic N) is 6. The molecule has 0 atom stereocenters. The summed E-state index contributed by atoms with van der Waals surface area (Å²) in [6.45, 7) is 2.26. The largest absolute Gasteiger partial charge is 0.326 e. The zero-order valence-electron chi connectivity index (χ0n) is 17.7. The molecule has 33 heavy (non-hydrogen) atoms. The summed E-state index contributed by atoms with van der Waals surface area (Å²) >= 11 is 1.44. The smallest absolute Gasteiger partial charge is 0.262 e. The summed E-state index contributed by atoms with van der Waals surface area (Å²) in [5.41, 5.74) is 4.29. The van der Waals surface area contributed by atoms with Crippen LogP contribution in [0.25, 0.3) is 27.0 Å². The molecule has 0 fully saturated rings. The van der Waals surface area contributed by atoms with Gasteiger partial charge in [0, 0.05) is 29.6 Å². The predicted octanol–water partition coefficient (Wildman–Crippen LogP) is 3.44. The Balaban J connectivity index is 1.30. The summed E-state index contributed by atoms with van der Waals surface area (Å²) in [4.78, 5) is 30.7. The molecule has 5 rings (SSSR count). The molecular weight excluding hydrogens is 438 g/mol. The van der Waals surface area contributed by atoms with Gasteiger partial charge >= 0.3 is 0 Å². The Morgan fingerprint density at radius 2 is 1.85 bits per heavy atom. The molecule has 5 aromatic rings. The van der Waals surface area contributed by atoms with Gasteiger partial charge in [-0.3, -0.25) is 14.2 Å². The third-order valence-electron chi connectivity index (χ3n) is 5.27. The molecule has 164 valence electrons. The number of carbonyl (C=O) groups is 1. The van der Waals surface area contributed by atoms with E-state index in [1.165, 1.54) is 33.2 Å². The lowest BCUT2D eigenvalue weighted by Gasteiger charge is -2.08. The van der Waals surface area contributed by atoms with Crippen LogP contribution in [0.3, 0.4) is 0 Å². The van der Waals surface area contributed by atoms with Crippen molar-refractivity contribution in [3.63, 3.8) is 0 Å². The molecule has 10 heteroatoms. The summed E-state index contributed by atoms with van der Waals surface area (Å²) in [6, 6.07) is 15.2. The number of nitrogens with one attached hydrogen (secondary N) is 1. The van der Waals surface area contributed by atoms with Crippen molar-refractivity contribution in [1.82, 2.24) is 29.8 Å². The van der Waals surface area contributed by atoms with Crippen LogP contribution in [0.5, 0.6) is 0 Å². The number of aromatic nitrogens is 6. The van der Waals surface area contributed by atoms with Crippen molar-refractivity contribution in [2.45, 2.75) is 19.9 Å². The molecule has 0 aliphatic heterocycles. The monoisotopic (exact) mass is 457 g/mol. The molecule has 0 bridgehead atoms. The average molecular weight is 458 g/mol. The summed E-state index contributed by atoms with van der Waals surface area (Å²) < 4.78 is 3.02. The fourth-order valence-corrected chi connectivity index (χ4v) is 4.40. The second-order valence-corrected chi connectivity index (χ2v) is 8.40. The summed E-state index contributed by atoms with van der Waals surface area (Å²) in [5.74, 6) is -0.193. The molecule has 0 radical (unpaired) electrons. The van der Waals surface area contributed by atoms with Crippen LogP contribution in [0.2, 0.25) is 0 Å². The quantitative estimate of drug-likeness (QED) is 0.419. The van der Waals surface area contributed by atoms with Crippen molar-refractivity contribution < 1.29 is 4.79 Å². The summed E-state index contributed by atoms with van der Waals surface area (Å²) in [6.07, 6.45) is 3.15. The van der Waals surface area contributed by atoms with E-state index in [0.717, 1.165) is 22.4 Å². The van der Waals surface area contributed by atoms with Crippen molar-refractivity contribution in [1.29, 1.82) is 0 Å². The third-order valence-corrected chi connectivity index (χ3v) is 6.15. The molecule has 2 aromatic carbocycles. The molecule has 0 saturated heterocycles. The number of hydrogen-bond donors (Lipinski definition) is 1. The topological polar surface area (TPSA) is 108 Å². The van der Waals surface area contributed by atoms with Crippen LogP contribution in [-0.2, 0) is 11.3 Å². The van der Waals surface area contributed by atoms with E-state index in [9.17, 15) is 9.59 Å². The standard InChI is InChI=1S/C23H19N7O2S/c1-15-2-4-16(5-3-15)19-12-33-22-21(19)23(32)29(13-24-22)11-10-20(31)26-17-6-8-18(9-7-17)30-14-25-27-28-30/h2-9,12-14H,10-11H2,1H3,(H,26,31). The highest BCUT2D eigenvalue weighted by atomic mass is 32.1. The van der Waals surface area contributed by atoms with Crippen LogP contribution in [0.1, 0.15) is 12.0 Å². The number of tetrazole rings is 1. The van der Waals surface area contributed by atoms with Gasteiger partial charge in [-0.05, 0) is 47.2 Å². The number of benzene rings is 2. The van der Waals surface area contributed by atoms with Crippen LogP contribution >= 0.6 is 11.3 Å². The maximum atomic E-state index is 13.2. The zero-order chi connectivity index (χ0) is 22.8. The van der Waals surface area contributed by atoms with Gasteiger partial charge in [-0.25, -0.2) is 9.67 Å². The first-order valence-electron chi connectivity index (χ1n) is 10.3. The molecule has 0 aliphatic rings. The van der Waals surface area contributed by atoms with Gasteiger partial charge in [0.05, 0.1) is 17.4 Å². The molecule has 3 heterocycles. The highest BCUT2D eigenvalue weighted by Crippen LogP contribution is 2.30. The fourth-order valence-electron chi connectivity index (χ4n) is 3.49. The van der Waals surface area contributed by atoms with Gasteiger partial charge in [-0.1, -0.05) is 29.8 Å². The van der Waals surface area contributed by atoms with Crippen LogP contribution in [0.15, 0.2) is 71.4 Å². The Morgan fingerprint density at radius 1 is 1.06 bits per heavy atom. The normalized spacial score (nSPS) is 11.1. The van der Waals surface area contributed by atoms with Crippen LogP contribution < -0.4 is 10.9 Å². The van der Waals surface area contributed by atoms with Crippen molar-refractivity contribution in [3.05, 3.63) is 82.5 Å². The van der Waals surface area contributed by atoms with E-state index < -0.39 is 0 Å².